The summed E-state index contributed by atoms with van der Waals surface area (Å²) in [6.07, 6.45) is 1.01. The van der Waals surface area contributed by atoms with Crippen LogP contribution in [0.4, 0.5) is 5.82 Å². The Morgan fingerprint density at radius 1 is 1.28 bits per heavy atom. The molecule has 0 spiro atoms. The molecule has 0 aromatic carbocycles. The van der Waals surface area contributed by atoms with Gasteiger partial charge in [-0.05, 0) is 37.6 Å². The maximum absolute atomic E-state index is 5.88. The Bertz CT molecular complexity index is 534. The summed E-state index contributed by atoms with van der Waals surface area (Å²) in [5.74, 6) is 2.51. The minimum atomic E-state index is 0.249. The summed E-state index contributed by atoms with van der Waals surface area (Å²) in [7, 11) is 0. The lowest BCUT2D eigenvalue weighted by Crippen LogP contribution is -2.26. The van der Waals surface area contributed by atoms with Crippen LogP contribution in [-0.2, 0) is 0 Å². The van der Waals surface area contributed by atoms with Gasteiger partial charge in [-0.15, -0.1) is 10.2 Å². The lowest BCUT2D eigenvalue weighted by atomic mass is 10.3. The largest absolute Gasteiger partial charge is 0.460 e. The number of furan rings is 1. The molecule has 1 aliphatic heterocycles. The molecule has 3 rings (SSSR count). The molecule has 0 aliphatic carbocycles. The van der Waals surface area contributed by atoms with Crippen LogP contribution >= 0.6 is 0 Å². The Hall–Kier alpha value is -1.88. The molecule has 2 N–H and O–H groups in total. The van der Waals surface area contributed by atoms with E-state index in [1.54, 1.807) is 0 Å². The van der Waals surface area contributed by atoms with E-state index in [0.29, 0.717) is 0 Å². The Balaban J connectivity index is 1.81. The zero-order valence-corrected chi connectivity index (χ0v) is 10.3. The van der Waals surface area contributed by atoms with Crippen LogP contribution in [0.25, 0.3) is 11.5 Å². The van der Waals surface area contributed by atoms with Gasteiger partial charge in [0, 0.05) is 19.1 Å². The van der Waals surface area contributed by atoms with Crippen molar-refractivity contribution in [3.63, 3.8) is 0 Å². The lowest BCUT2D eigenvalue weighted by molar-refractivity contribution is 0.545. The monoisotopic (exact) mass is 244 g/mol. The Morgan fingerprint density at radius 3 is 2.72 bits per heavy atom. The predicted octanol–water partition coefficient (Wildman–Crippen LogP) is 1.58. The molecule has 0 saturated carbocycles. The van der Waals surface area contributed by atoms with E-state index in [1.165, 1.54) is 0 Å². The number of hydrogen-bond acceptors (Lipinski definition) is 5. The van der Waals surface area contributed by atoms with E-state index in [0.717, 1.165) is 42.5 Å². The van der Waals surface area contributed by atoms with Gasteiger partial charge in [-0.1, -0.05) is 0 Å². The van der Waals surface area contributed by atoms with Crippen LogP contribution in [-0.4, -0.2) is 29.3 Å². The quantitative estimate of drug-likeness (QED) is 0.868. The summed E-state index contributed by atoms with van der Waals surface area (Å²) >= 11 is 0. The smallest absolute Gasteiger partial charge is 0.154 e. The fourth-order valence-electron chi connectivity index (χ4n) is 2.19. The molecule has 0 amide bonds. The molecule has 0 radical (unpaired) electrons. The van der Waals surface area contributed by atoms with Gasteiger partial charge in [-0.3, -0.25) is 0 Å². The molecule has 5 heteroatoms. The molecule has 2 aromatic heterocycles. The molecule has 5 nitrogen and oxygen atoms in total. The number of anilines is 1. The molecule has 1 fully saturated rings. The molecule has 18 heavy (non-hydrogen) atoms. The fourth-order valence-corrected chi connectivity index (χ4v) is 2.19. The van der Waals surface area contributed by atoms with Gasteiger partial charge in [0.25, 0.3) is 0 Å². The van der Waals surface area contributed by atoms with E-state index in [4.69, 9.17) is 10.2 Å². The van der Waals surface area contributed by atoms with E-state index in [-0.39, 0.29) is 6.04 Å². The SMILES string of the molecule is Cc1ccc(-c2ccc(N3CCC(N)C3)nn2)o1. The molecule has 1 saturated heterocycles. The molecular formula is C13H16N4O. The molecule has 2 aromatic rings. The van der Waals surface area contributed by atoms with Crippen molar-refractivity contribution in [2.75, 3.05) is 18.0 Å². The summed E-state index contributed by atoms with van der Waals surface area (Å²) < 4.78 is 5.52. The van der Waals surface area contributed by atoms with Crippen LogP contribution in [0.5, 0.6) is 0 Å². The van der Waals surface area contributed by atoms with E-state index in [1.807, 2.05) is 31.2 Å². The summed E-state index contributed by atoms with van der Waals surface area (Å²) in [6.45, 7) is 3.72. The first-order valence-electron chi connectivity index (χ1n) is 6.13. The Labute approximate surface area is 106 Å². The van der Waals surface area contributed by atoms with Crippen molar-refractivity contribution in [3.8, 4) is 11.5 Å². The maximum Gasteiger partial charge on any atom is 0.154 e. The van der Waals surface area contributed by atoms with Crippen LogP contribution in [0, 0.1) is 6.92 Å². The number of hydrogen-bond donors (Lipinski definition) is 1. The van der Waals surface area contributed by atoms with Gasteiger partial charge in [0.15, 0.2) is 11.6 Å². The molecule has 94 valence electrons. The average Bonchev–Trinajstić information content (AvgIpc) is 2.98. The standard InChI is InChI=1S/C13H16N4O/c1-9-2-4-12(18-9)11-3-5-13(16-15-11)17-7-6-10(14)8-17/h2-5,10H,6-8,14H2,1H3. The first-order valence-corrected chi connectivity index (χ1v) is 6.13. The molecule has 3 heterocycles. The molecule has 1 aliphatic rings. The third kappa shape index (κ3) is 2.09. The van der Waals surface area contributed by atoms with Crippen molar-refractivity contribution in [2.45, 2.75) is 19.4 Å². The summed E-state index contributed by atoms with van der Waals surface area (Å²) in [5.41, 5.74) is 6.64. The second-order valence-corrected chi connectivity index (χ2v) is 4.68. The lowest BCUT2D eigenvalue weighted by Gasteiger charge is -2.15. The van der Waals surface area contributed by atoms with Crippen molar-refractivity contribution in [3.05, 3.63) is 30.0 Å². The van der Waals surface area contributed by atoms with Crippen molar-refractivity contribution in [1.82, 2.24) is 10.2 Å². The summed E-state index contributed by atoms with van der Waals surface area (Å²) in [4.78, 5) is 2.16. The Kier molecular flexibility index (Phi) is 2.76. The topological polar surface area (TPSA) is 68.2 Å². The minimum Gasteiger partial charge on any atom is -0.460 e. The van der Waals surface area contributed by atoms with Gasteiger partial charge in [0.2, 0.25) is 0 Å². The molecule has 1 atom stereocenters. The van der Waals surface area contributed by atoms with Gasteiger partial charge < -0.3 is 15.1 Å². The zero-order valence-electron chi connectivity index (χ0n) is 10.3. The number of nitrogens with two attached hydrogens (primary N) is 1. The number of aryl methyl sites for hydroxylation is 1. The van der Waals surface area contributed by atoms with Gasteiger partial charge in [0.05, 0.1) is 0 Å². The van der Waals surface area contributed by atoms with Crippen LogP contribution in [0.15, 0.2) is 28.7 Å². The van der Waals surface area contributed by atoms with E-state index in [2.05, 4.69) is 15.1 Å². The van der Waals surface area contributed by atoms with Crippen molar-refractivity contribution in [2.24, 2.45) is 5.73 Å². The van der Waals surface area contributed by atoms with Crippen LogP contribution in [0.1, 0.15) is 12.2 Å². The van der Waals surface area contributed by atoms with E-state index >= 15 is 0 Å². The van der Waals surface area contributed by atoms with Crippen LogP contribution in [0.2, 0.25) is 0 Å². The summed E-state index contributed by atoms with van der Waals surface area (Å²) in [5, 5.41) is 8.45. The highest BCUT2D eigenvalue weighted by Gasteiger charge is 2.20. The zero-order chi connectivity index (χ0) is 12.5. The second-order valence-electron chi connectivity index (χ2n) is 4.68. The minimum absolute atomic E-state index is 0.249. The highest BCUT2D eigenvalue weighted by Crippen LogP contribution is 2.22. The fraction of sp³-hybridized carbons (Fsp3) is 0.385. The van der Waals surface area contributed by atoms with Gasteiger partial charge in [-0.25, -0.2) is 0 Å². The third-order valence-electron chi connectivity index (χ3n) is 3.19. The van der Waals surface area contributed by atoms with Gasteiger partial charge >= 0.3 is 0 Å². The van der Waals surface area contributed by atoms with Crippen molar-refractivity contribution >= 4 is 5.82 Å². The highest BCUT2D eigenvalue weighted by molar-refractivity contribution is 5.54. The Morgan fingerprint density at radius 2 is 2.17 bits per heavy atom. The molecular weight excluding hydrogens is 228 g/mol. The second kappa shape index (κ2) is 4.42. The third-order valence-corrected chi connectivity index (χ3v) is 3.19. The van der Waals surface area contributed by atoms with Gasteiger partial charge in [-0.2, -0.15) is 0 Å². The van der Waals surface area contributed by atoms with Crippen molar-refractivity contribution in [1.29, 1.82) is 0 Å². The molecule has 0 bridgehead atoms. The van der Waals surface area contributed by atoms with Crippen LogP contribution in [0.3, 0.4) is 0 Å². The number of nitrogens with zero attached hydrogens (tertiary/aromatic N) is 3. The first-order chi connectivity index (χ1) is 8.72. The summed E-state index contributed by atoms with van der Waals surface area (Å²) in [6, 6.07) is 7.98. The normalized spacial score (nSPS) is 19.4. The molecule has 1 unspecified atom stereocenters. The number of aromatic nitrogens is 2. The van der Waals surface area contributed by atoms with E-state index < -0.39 is 0 Å². The maximum atomic E-state index is 5.88. The van der Waals surface area contributed by atoms with Crippen molar-refractivity contribution < 1.29 is 4.42 Å². The average molecular weight is 244 g/mol. The van der Waals surface area contributed by atoms with Gasteiger partial charge in [0.1, 0.15) is 11.5 Å². The first kappa shape index (κ1) is 11.2. The van der Waals surface area contributed by atoms with E-state index in [9.17, 15) is 0 Å². The number of rotatable bonds is 2. The predicted molar refractivity (Wildman–Crippen MR) is 69.3 cm³/mol. The highest BCUT2D eigenvalue weighted by atomic mass is 16.3. The van der Waals surface area contributed by atoms with Crippen LogP contribution < -0.4 is 10.6 Å².